The maximum Gasteiger partial charge on any atom is 0.119 e. The van der Waals surface area contributed by atoms with Gasteiger partial charge in [0.25, 0.3) is 0 Å². The summed E-state index contributed by atoms with van der Waals surface area (Å²) in [6.07, 6.45) is 4.96. The van der Waals surface area contributed by atoms with E-state index in [0.29, 0.717) is 6.54 Å². The second-order valence-electron chi connectivity index (χ2n) is 4.26. The Kier molecular flexibility index (Phi) is 3.62. The minimum absolute atomic E-state index is 0.710. The Bertz CT molecular complexity index is 290. The van der Waals surface area contributed by atoms with Crippen molar-refractivity contribution >= 4 is 0 Å². The number of hydrogen-bond acceptors (Lipinski definition) is 2. The van der Waals surface area contributed by atoms with Crippen molar-refractivity contribution < 1.29 is 4.74 Å². The topological polar surface area (TPSA) is 35.2 Å². The first-order valence-electron chi connectivity index (χ1n) is 5.80. The fourth-order valence-corrected chi connectivity index (χ4v) is 1.67. The van der Waals surface area contributed by atoms with E-state index in [1.54, 1.807) is 0 Å². The highest BCUT2D eigenvalue weighted by molar-refractivity contribution is 5.27. The fraction of sp³-hybridized carbons (Fsp3) is 0.538. The lowest BCUT2D eigenvalue weighted by molar-refractivity contribution is 0.302. The van der Waals surface area contributed by atoms with Crippen molar-refractivity contribution in [1.29, 1.82) is 0 Å². The maximum absolute atomic E-state index is 5.66. The van der Waals surface area contributed by atoms with E-state index in [-0.39, 0.29) is 0 Å². The molecule has 1 fully saturated rings. The van der Waals surface area contributed by atoms with Gasteiger partial charge in [-0.1, -0.05) is 25.0 Å². The van der Waals surface area contributed by atoms with Crippen LogP contribution in [0.3, 0.4) is 0 Å². The molecule has 1 aliphatic rings. The van der Waals surface area contributed by atoms with Gasteiger partial charge in [-0.25, -0.2) is 0 Å². The average Bonchev–Trinajstić information content (AvgIpc) is 3.05. The zero-order chi connectivity index (χ0) is 10.5. The van der Waals surface area contributed by atoms with Gasteiger partial charge in [-0.2, -0.15) is 0 Å². The smallest absolute Gasteiger partial charge is 0.119 e. The van der Waals surface area contributed by atoms with E-state index >= 15 is 0 Å². The van der Waals surface area contributed by atoms with E-state index in [2.05, 4.69) is 12.1 Å². The van der Waals surface area contributed by atoms with Crippen LogP contribution in [0.5, 0.6) is 5.75 Å². The third kappa shape index (κ3) is 3.56. The summed E-state index contributed by atoms with van der Waals surface area (Å²) in [5.41, 5.74) is 6.77. The minimum atomic E-state index is 0.710. The van der Waals surface area contributed by atoms with Gasteiger partial charge < -0.3 is 10.5 Å². The Morgan fingerprint density at radius 1 is 1.20 bits per heavy atom. The van der Waals surface area contributed by atoms with E-state index in [9.17, 15) is 0 Å². The summed E-state index contributed by atoms with van der Waals surface area (Å²) in [4.78, 5) is 0. The van der Waals surface area contributed by atoms with Crippen LogP contribution in [0.2, 0.25) is 0 Å². The summed E-state index contributed by atoms with van der Waals surface area (Å²) in [7, 11) is 0. The Morgan fingerprint density at radius 3 is 2.53 bits per heavy atom. The number of hydrogen-bond donors (Lipinski definition) is 1. The van der Waals surface area contributed by atoms with Gasteiger partial charge >= 0.3 is 0 Å². The molecule has 0 saturated heterocycles. The van der Waals surface area contributed by atoms with Gasteiger partial charge in [0.15, 0.2) is 0 Å². The number of nitrogens with two attached hydrogens (primary N) is 1. The first-order valence-corrected chi connectivity index (χ1v) is 5.80. The Hall–Kier alpha value is -1.02. The maximum atomic E-state index is 5.66. The van der Waals surface area contributed by atoms with Gasteiger partial charge in [-0.3, -0.25) is 0 Å². The Morgan fingerprint density at radius 2 is 1.93 bits per heavy atom. The van der Waals surface area contributed by atoms with Crippen LogP contribution in [0, 0.1) is 5.92 Å². The van der Waals surface area contributed by atoms with Crippen LogP contribution in [0.15, 0.2) is 24.3 Å². The molecule has 0 radical (unpaired) electrons. The Balaban J connectivity index is 1.75. The quantitative estimate of drug-likeness (QED) is 0.773. The second kappa shape index (κ2) is 5.17. The molecule has 2 heteroatoms. The first-order chi connectivity index (χ1) is 7.38. The zero-order valence-corrected chi connectivity index (χ0v) is 9.11. The minimum Gasteiger partial charge on any atom is -0.494 e. The van der Waals surface area contributed by atoms with Gasteiger partial charge in [-0.15, -0.1) is 0 Å². The van der Waals surface area contributed by atoms with Crippen molar-refractivity contribution in [3.8, 4) is 5.75 Å². The summed E-state index contributed by atoms with van der Waals surface area (Å²) in [6.45, 7) is 1.57. The van der Waals surface area contributed by atoms with E-state index in [4.69, 9.17) is 10.5 Å². The molecule has 1 saturated carbocycles. The molecule has 0 spiro atoms. The molecular formula is C13H19NO. The molecule has 2 N–H and O–H groups in total. The summed E-state index contributed by atoms with van der Waals surface area (Å²) in [6, 6.07) is 8.27. The predicted molar refractivity (Wildman–Crippen MR) is 62.0 cm³/mol. The fourth-order valence-electron chi connectivity index (χ4n) is 1.67. The molecular weight excluding hydrogens is 186 g/mol. The first kappa shape index (κ1) is 10.5. The molecule has 0 unspecified atom stereocenters. The van der Waals surface area contributed by atoms with Gasteiger partial charge in [0, 0.05) is 0 Å². The van der Waals surface area contributed by atoms with Gasteiger partial charge in [0.2, 0.25) is 0 Å². The molecule has 2 nitrogen and oxygen atoms in total. The van der Waals surface area contributed by atoms with Crippen LogP contribution in [-0.2, 0) is 6.42 Å². The highest BCUT2D eigenvalue weighted by Gasteiger charge is 2.20. The average molecular weight is 205 g/mol. The second-order valence-corrected chi connectivity index (χ2v) is 4.26. The molecule has 1 aliphatic carbocycles. The molecule has 1 aromatic rings. The number of benzene rings is 1. The lowest BCUT2D eigenvalue weighted by Crippen LogP contribution is -2.02. The summed E-state index contributed by atoms with van der Waals surface area (Å²) >= 11 is 0. The molecule has 0 atom stereocenters. The summed E-state index contributed by atoms with van der Waals surface area (Å²) in [5.74, 6) is 1.93. The summed E-state index contributed by atoms with van der Waals surface area (Å²) < 4.78 is 5.66. The molecule has 0 heterocycles. The van der Waals surface area contributed by atoms with Gasteiger partial charge in [0.05, 0.1) is 6.61 Å². The van der Waals surface area contributed by atoms with Gasteiger partial charge in [-0.05, 0) is 43.0 Å². The molecule has 1 aromatic carbocycles. The molecule has 0 aliphatic heterocycles. The largest absolute Gasteiger partial charge is 0.494 e. The predicted octanol–water partition coefficient (Wildman–Crippen LogP) is 2.37. The molecule has 0 bridgehead atoms. The molecule has 0 aromatic heterocycles. The highest BCUT2D eigenvalue weighted by Crippen LogP contribution is 2.32. The molecule has 0 amide bonds. The van der Waals surface area contributed by atoms with Crippen molar-refractivity contribution in [2.75, 3.05) is 13.2 Å². The number of rotatable bonds is 6. The highest BCUT2D eigenvalue weighted by atomic mass is 16.5. The van der Waals surface area contributed by atoms with Crippen LogP contribution >= 0.6 is 0 Å². The molecule has 2 rings (SSSR count). The van der Waals surface area contributed by atoms with E-state index in [1.807, 2.05) is 12.1 Å². The van der Waals surface area contributed by atoms with E-state index in [1.165, 1.54) is 24.8 Å². The van der Waals surface area contributed by atoms with Crippen molar-refractivity contribution in [3.05, 3.63) is 29.8 Å². The van der Waals surface area contributed by atoms with Crippen LogP contribution in [-0.4, -0.2) is 13.2 Å². The van der Waals surface area contributed by atoms with Crippen LogP contribution < -0.4 is 10.5 Å². The zero-order valence-electron chi connectivity index (χ0n) is 9.11. The van der Waals surface area contributed by atoms with Crippen molar-refractivity contribution in [1.82, 2.24) is 0 Å². The lowest BCUT2D eigenvalue weighted by atomic mass is 10.1. The SMILES string of the molecule is NCCc1ccc(OCCC2CC2)cc1. The third-order valence-electron chi connectivity index (χ3n) is 2.85. The summed E-state index contributed by atoms with van der Waals surface area (Å²) in [5, 5.41) is 0. The van der Waals surface area contributed by atoms with E-state index < -0.39 is 0 Å². The van der Waals surface area contributed by atoms with Crippen LogP contribution in [0.25, 0.3) is 0 Å². The van der Waals surface area contributed by atoms with Crippen molar-refractivity contribution in [3.63, 3.8) is 0 Å². The monoisotopic (exact) mass is 205 g/mol. The van der Waals surface area contributed by atoms with Crippen molar-refractivity contribution in [2.45, 2.75) is 25.7 Å². The third-order valence-corrected chi connectivity index (χ3v) is 2.85. The van der Waals surface area contributed by atoms with E-state index in [0.717, 1.165) is 24.7 Å². The van der Waals surface area contributed by atoms with Gasteiger partial charge in [0.1, 0.15) is 5.75 Å². The molecule has 15 heavy (non-hydrogen) atoms. The molecule has 82 valence electrons. The number of ether oxygens (including phenoxy) is 1. The standard InChI is InChI=1S/C13H19NO/c14-9-7-11-3-5-13(6-4-11)15-10-8-12-1-2-12/h3-6,12H,1-2,7-10,14H2. The Labute approximate surface area is 91.4 Å². The van der Waals surface area contributed by atoms with Crippen LogP contribution in [0.4, 0.5) is 0 Å². The van der Waals surface area contributed by atoms with Crippen LogP contribution in [0.1, 0.15) is 24.8 Å². The van der Waals surface area contributed by atoms with Crippen molar-refractivity contribution in [2.24, 2.45) is 11.7 Å². The lowest BCUT2D eigenvalue weighted by Gasteiger charge is -2.06. The normalized spacial score (nSPS) is 15.3.